The van der Waals surface area contributed by atoms with Gasteiger partial charge in [0.05, 0.1) is 0 Å². The molecule has 0 aromatic carbocycles. The molecule has 0 radical (unpaired) electrons. The van der Waals surface area contributed by atoms with Gasteiger partial charge in [-0.3, -0.25) is 0 Å². The summed E-state index contributed by atoms with van der Waals surface area (Å²) in [5, 5.41) is 0. The summed E-state index contributed by atoms with van der Waals surface area (Å²) in [6, 6.07) is 0. The fourth-order valence-corrected chi connectivity index (χ4v) is 0.204. The first kappa shape index (κ1) is 10.5. The van der Waals surface area contributed by atoms with Crippen molar-refractivity contribution in [3.63, 3.8) is 0 Å². The Morgan fingerprint density at radius 2 is 1.50 bits per heavy atom. The van der Waals surface area contributed by atoms with E-state index in [0.717, 1.165) is 13.2 Å². The van der Waals surface area contributed by atoms with Crippen molar-refractivity contribution in [1.82, 2.24) is 0 Å². The molecule has 0 saturated carbocycles. The fraction of sp³-hybridized carbons (Fsp3) is 1.00. The van der Waals surface area contributed by atoms with Crippen LogP contribution in [0.3, 0.4) is 0 Å². The Morgan fingerprint density at radius 1 is 1.17 bits per heavy atom. The van der Waals surface area contributed by atoms with Gasteiger partial charge in [-0.05, 0) is 13.8 Å². The second-order valence-electron chi connectivity index (χ2n) is 0.781. The summed E-state index contributed by atoms with van der Waals surface area (Å²) in [5.74, 6) is 0. The van der Waals surface area contributed by atoms with Gasteiger partial charge in [0.2, 0.25) is 0 Å². The quantitative estimate of drug-likeness (QED) is 0.593. The first-order chi connectivity index (χ1) is 2.41. The molecule has 0 atom stereocenters. The average molecular weight is 213 g/mol. The molecular weight excluding hydrogens is 201 g/mol. The maximum absolute atomic E-state index is 4.83. The van der Waals surface area contributed by atoms with Gasteiger partial charge in [0.15, 0.2) is 0 Å². The zero-order valence-corrected chi connectivity index (χ0v) is 3.82. The molecule has 0 saturated heterocycles. The minimum absolute atomic E-state index is 0. The number of hydrogen-bond donors (Lipinski definition) is 0. The van der Waals surface area contributed by atoms with Crippen LogP contribution in [0.25, 0.3) is 0 Å². The van der Waals surface area contributed by atoms with Crippen LogP contribution < -0.4 is 0 Å². The number of ether oxygens (including phenoxy) is 1. The molecule has 0 aliphatic carbocycles. The Balaban J connectivity index is 0. The monoisotopic (exact) mass is 214 g/mol. The van der Waals surface area contributed by atoms with Crippen LogP contribution in [0.1, 0.15) is 13.8 Å². The Bertz CT molecular complexity index is 15.0. The van der Waals surface area contributed by atoms with E-state index in [-0.39, 0.29) is 48.9 Å². The average Bonchev–Trinajstić information content (AvgIpc) is 1.41. The van der Waals surface area contributed by atoms with Crippen molar-refractivity contribution >= 4 is 48.9 Å². The van der Waals surface area contributed by atoms with Crippen LogP contribution in [-0.4, -0.2) is 62.1 Å². The molecule has 36 valence electrons. The molecule has 6 heavy (non-hydrogen) atoms. The molecule has 0 aromatic heterocycles. The van der Waals surface area contributed by atoms with Gasteiger partial charge in [0.1, 0.15) is 0 Å². The molecule has 0 aliphatic rings. The van der Waals surface area contributed by atoms with Gasteiger partial charge >= 0.3 is 48.9 Å². The third-order valence-electron chi connectivity index (χ3n) is 0.408. The topological polar surface area (TPSA) is 9.23 Å². The molecular formula is C4H12BaO. The van der Waals surface area contributed by atoms with Gasteiger partial charge in [-0.2, -0.15) is 0 Å². The molecule has 0 rings (SSSR count). The number of hydrogen-bond acceptors (Lipinski definition) is 1. The molecule has 0 unspecified atom stereocenters. The molecule has 0 fully saturated rings. The minimum atomic E-state index is 0. The number of rotatable bonds is 2. The van der Waals surface area contributed by atoms with Crippen molar-refractivity contribution in [3.05, 3.63) is 0 Å². The van der Waals surface area contributed by atoms with E-state index < -0.39 is 0 Å². The summed E-state index contributed by atoms with van der Waals surface area (Å²) in [4.78, 5) is 0. The Hall–Kier alpha value is 1.53. The van der Waals surface area contributed by atoms with Gasteiger partial charge in [-0.1, -0.05) is 0 Å². The standard InChI is InChI=1S/C4H10O.Ba.2H/c1-3-5-4-2;;;/h3-4H2,1-2H3;;;. The normalized spacial score (nSPS) is 7.00. The molecule has 0 heterocycles. The van der Waals surface area contributed by atoms with Crippen LogP contribution in [0.2, 0.25) is 0 Å². The molecule has 1 nitrogen and oxygen atoms in total. The summed E-state index contributed by atoms with van der Waals surface area (Å²) in [5.41, 5.74) is 0. The second kappa shape index (κ2) is 9.73. The summed E-state index contributed by atoms with van der Waals surface area (Å²) >= 11 is 0. The van der Waals surface area contributed by atoms with Gasteiger partial charge in [-0.25, -0.2) is 0 Å². The Morgan fingerprint density at radius 3 is 1.50 bits per heavy atom. The van der Waals surface area contributed by atoms with Crippen molar-refractivity contribution in [2.24, 2.45) is 0 Å². The van der Waals surface area contributed by atoms with Crippen molar-refractivity contribution in [2.75, 3.05) is 13.2 Å². The first-order valence-electron chi connectivity index (χ1n) is 1.99. The van der Waals surface area contributed by atoms with Gasteiger partial charge < -0.3 is 4.74 Å². The SMILES string of the molecule is CCOCC.[BaH2]. The molecule has 0 aromatic rings. The van der Waals surface area contributed by atoms with Crippen molar-refractivity contribution in [2.45, 2.75) is 13.8 Å². The summed E-state index contributed by atoms with van der Waals surface area (Å²) in [6.45, 7) is 5.67. The predicted octanol–water partition coefficient (Wildman–Crippen LogP) is 0.127. The molecule has 0 spiro atoms. The van der Waals surface area contributed by atoms with Crippen LogP contribution >= 0.6 is 0 Å². The van der Waals surface area contributed by atoms with Gasteiger partial charge in [0, 0.05) is 13.2 Å². The van der Waals surface area contributed by atoms with E-state index in [1.807, 2.05) is 13.8 Å². The van der Waals surface area contributed by atoms with Crippen molar-refractivity contribution in [1.29, 1.82) is 0 Å². The zero-order valence-electron chi connectivity index (χ0n) is 3.82. The van der Waals surface area contributed by atoms with E-state index >= 15 is 0 Å². The van der Waals surface area contributed by atoms with E-state index in [0.29, 0.717) is 0 Å². The molecule has 0 amide bonds. The molecule has 2 heteroatoms. The van der Waals surface area contributed by atoms with Crippen molar-refractivity contribution < 1.29 is 4.74 Å². The van der Waals surface area contributed by atoms with Crippen LogP contribution in [0.4, 0.5) is 0 Å². The molecule has 0 bridgehead atoms. The van der Waals surface area contributed by atoms with E-state index in [1.165, 1.54) is 0 Å². The molecule has 0 aliphatic heterocycles. The summed E-state index contributed by atoms with van der Waals surface area (Å²) in [7, 11) is 0. The second-order valence-corrected chi connectivity index (χ2v) is 0.781. The van der Waals surface area contributed by atoms with Crippen molar-refractivity contribution in [3.8, 4) is 0 Å². The van der Waals surface area contributed by atoms with Crippen LogP contribution in [0.15, 0.2) is 0 Å². The fourth-order valence-electron chi connectivity index (χ4n) is 0.204. The third kappa shape index (κ3) is 9.11. The van der Waals surface area contributed by atoms with Crippen LogP contribution in [0, 0.1) is 0 Å². The van der Waals surface area contributed by atoms with E-state index in [9.17, 15) is 0 Å². The first-order valence-corrected chi connectivity index (χ1v) is 1.99. The molecule has 0 N–H and O–H groups in total. The zero-order chi connectivity index (χ0) is 4.12. The van der Waals surface area contributed by atoms with E-state index in [4.69, 9.17) is 4.74 Å². The Labute approximate surface area is 79.5 Å². The predicted molar refractivity (Wildman–Crippen MR) is 30.7 cm³/mol. The maximum atomic E-state index is 4.83. The van der Waals surface area contributed by atoms with E-state index in [1.54, 1.807) is 0 Å². The summed E-state index contributed by atoms with van der Waals surface area (Å²) in [6.07, 6.45) is 0. The Kier molecular flexibility index (Phi) is 17.0. The van der Waals surface area contributed by atoms with E-state index in [2.05, 4.69) is 0 Å². The third-order valence-corrected chi connectivity index (χ3v) is 0.408. The van der Waals surface area contributed by atoms with Gasteiger partial charge in [0.25, 0.3) is 0 Å². The van der Waals surface area contributed by atoms with Gasteiger partial charge in [-0.15, -0.1) is 0 Å². The van der Waals surface area contributed by atoms with Crippen LogP contribution in [0.5, 0.6) is 0 Å². The van der Waals surface area contributed by atoms with Crippen LogP contribution in [-0.2, 0) is 4.74 Å². The summed E-state index contributed by atoms with van der Waals surface area (Å²) < 4.78 is 4.83.